The van der Waals surface area contributed by atoms with E-state index in [9.17, 15) is 5.11 Å². The van der Waals surface area contributed by atoms with E-state index in [0.717, 1.165) is 5.65 Å². The molecule has 0 aliphatic heterocycles. The largest absolute Gasteiger partial charge is 0.386 e. The van der Waals surface area contributed by atoms with E-state index in [-0.39, 0.29) is 5.92 Å². The topological polar surface area (TPSA) is 63.8 Å². The second kappa shape index (κ2) is 5.61. The van der Waals surface area contributed by atoms with Gasteiger partial charge in [-0.3, -0.25) is 0 Å². The highest BCUT2D eigenvalue weighted by atomic mass is 16.3. The standard InChI is InChI=1S/C16H18N4O/c1-11(2)15(21)13-14-16(18-9-17-13)20(10-19-14)8-12-6-4-3-5-7-12/h3-7,9-11,15,21H,8H2,1-2H3/t15-/m0/s1. The molecular formula is C16H18N4O. The molecule has 0 saturated carbocycles. The van der Waals surface area contributed by atoms with Crippen LogP contribution in [0.1, 0.15) is 31.2 Å². The van der Waals surface area contributed by atoms with Gasteiger partial charge in [0, 0.05) is 0 Å². The number of hydrogen-bond acceptors (Lipinski definition) is 4. The molecule has 3 aromatic rings. The number of nitrogens with zero attached hydrogens (tertiary/aromatic N) is 4. The van der Waals surface area contributed by atoms with E-state index < -0.39 is 6.10 Å². The number of rotatable bonds is 4. The maximum absolute atomic E-state index is 10.3. The van der Waals surface area contributed by atoms with Gasteiger partial charge in [-0.1, -0.05) is 44.2 Å². The van der Waals surface area contributed by atoms with Gasteiger partial charge < -0.3 is 9.67 Å². The van der Waals surface area contributed by atoms with Crippen molar-refractivity contribution in [2.45, 2.75) is 26.5 Å². The first-order valence-electron chi connectivity index (χ1n) is 7.04. The lowest BCUT2D eigenvalue weighted by atomic mass is 10.0. The third kappa shape index (κ3) is 2.64. The molecular weight excluding hydrogens is 264 g/mol. The Hall–Kier alpha value is -2.27. The molecule has 5 heteroatoms. The molecule has 2 aromatic heterocycles. The van der Waals surface area contributed by atoms with Crippen LogP contribution in [0.4, 0.5) is 0 Å². The Morgan fingerprint density at radius 3 is 2.57 bits per heavy atom. The van der Waals surface area contributed by atoms with Crippen molar-refractivity contribution in [3.8, 4) is 0 Å². The molecule has 5 nitrogen and oxygen atoms in total. The van der Waals surface area contributed by atoms with E-state index in [0.29, 0.717) is 17.8 Å². The van der Waals surface area contributed by atoms with Gasteiger partial charge in [0.05, 0.1) is 12.9 Å². The van der Waals surface area contributed by atoms with Crippen molar-refractivity contribution >= 4 is 11.2 Å². The number of fused-ring (bicyclic) bond motifs is 1. The molecule has 108 valence electrons. The molecule has 0 fully saturated rings. The first-order valence-corrected chi connectivity index (χ1v) is 7.04. The summed E-state index contributed by atoms with van der Waals surface area (Å²) in [6, 6.07) is 10.2. The van der Waals surface area contributed by atoms with Crippen molar-refractivity contribution in [2.75, 3.05) is 0 Å². The maximum atomic E-state index is 10.3. The van der Waals surface area contributed by atoms with Crippen molar-refractivity contribution in [3.63, 3.8) is 0 Å². The Kier molecular flexibility index (Phi) is 3.66. The van der Waals surface area contributed by atoms with E-state index >= 15 is 0 Å². The highest BCUT2D eigenvalue weighted by Gasteiger charge is 2.19. The smallest absolute Gasteiger partial charge is 0.163 e. The van der Waals surface area contributed by atoms with Gasteiger partial charge in [-0.25, -0.2) is 15.0 Å². The Morgan fingerprint density at radius 2 is 1.86 bits per heavy atom. The van der Waals surface area contributed by atoms with Gasteiger partial charge >= 0.3 is 0 Å². The summed E-state index contributed by atoms with van der Waals surface area (Å²) in [7, 11) is 0. The third-order valence-electron chi connectivity index (χ3n) is 3.54. The molecule has 2 heterocycles. The fourth-order valence-electron chi connectivity index (χ4n) is 2.33. The normalized spacial score (nSPS) is 13.0. The molecule has 0 bridgehead atoms. The molecule has 0 aliphatic rings. The molecule has 0 radical (unpaired) electrons. The zero-order valence-electron chi connectivity index (χ0n) is 12.1. The summed E-state index contributed by atoms with van der Waals surface area (Å²) >= 11 is 0. The first-order chi connectivity index (χ1) is 10.2. The average Bonchev–Trinajstić information content (AvgIpc) is 2.90. The van der Waals surface area contributed by atoms with Crippen LogP contribution in [0.25, 0.3) is 11.2 Å². The monoisotopic (exact) mass is 282 g/mol. The van der Waals surface area contributed by atoms with Crippen LogP contribution in [0.3, 0.4) is 0 Å². The lowest BCUT2D eigenvalue weighted by molar-refractivity contribution is 0.124. The van der Waals surface area contributed by atoms with Gasteiger partial charge in [0.2, 0.25) is 0 Å². The lowest BCUT2D eigenvalue weighted by Crippen LogP contribution is -2.09. The molecule has 0 unspecified atom stereocenters. The van der Waals surface area contributed by atoms with Crippen LogP contribution in [-0.4, -0.2) is 24.6 Å². The van der Waals surface area contributed by atoms with Crippen LogP contribution in [0.5, 0.6) is 0 Å². The van der Waals surface area contributed by atoms with Crippen molar-refractivity contribution in [3.05, 3.63) is 54.2 Å². The van der Waals surface area contributed by atoms with Crippen molar-refractivity contribution < 1.29 is 5.11 Å². The maximum Gasteiger partial charge on any atom is 0.163 e. The van der Waals surface area contributed by atoms with Crippen LogP contribution in [0.2, 0.25) is 0 Å². The summed E-state index contributed by atoms with van der Waals surface area (Å²) in [5.74, 6) is 0.0855. The molecule has 0 spiro atoms. The minimum atomic E-state index is -0.629. The second-order valence-corrected chi connectivity index (χ2v) is 5.48. The van der Waals surface area contributed by atoms with E-state index in [1.165, 1.54) is 11.9 Å². The van der Waals surface area contributed by atoms with Crippen molar-refractivity contribution in [1.82, 2.24) is 19.5 Å². The molecule has 3 rings (SSSR count). The number of benzene rings is 1. The fraction of sp³-hybridized carbons (Fsp3) is 0.312. The zero-order valence-corrected chi connectivity index (χ0v) is 12.1. The van der Waals surface area contributed by atoms with Gasteiger partial charge in [0.15, 0.2) is 5.65 Å². The summed E-state index contributed by atoms with van der Waals surface area (Å²) in [5.41, 5.74) is 3.21. The van der Waals surface area contributed by atoms with Gasteiger partial charge in [-0.2, -0.15) is 0 Å². The SMILES string of the molecule is CC(C)[C@H](O)c1ncnc2c1ncn2Cc1ccccc1. The summed E-state index contributed by atoms with van der Waals surface area (Å²) in [6.45, 7) is 4.62. The van der Waals surface area contributed by atoms with Crippen LogP contribution in [-0.2, 0) is 6.54 Å². The highest BCUT2D eigenvalue weighted by Crippen LogP contribution is 2.25. The molecule has 0 aliphatic carbocycles. The minimum absolute atomic E-state index is 0.0855. The first kappa shape index (κ1) is 13.7. The predicted molar refractivity (Wildman–Crippen MR) is 80.7 cm³/mol. The fourth-order valence-corrected chi connectivity index (χ4v) is 2.33. The Morgan fingerprint density at radius 1 is 1.10 bits per heavy atom. The Labute approximate surface area is 123 Å². The van der Waals surface area contributed by atoms with Crippen molar-refractivity contribution in [2.24, 2.45) is 5.92 Å². The van der Waals surface area contributed by atoms with E-state index in [1.807, 2.05) is 36.6 Å². The quantitative estimate of drug-likeness (QED) is 0.798. The Bertz CT molecular complexity index is 736. The van der Waals surface area contributed by atoms with Gasteiger partial charge in [-0.15, -0.1) is 0 Å². The number of aliphatic hydroxyl groups is 1. The van der Waals surface area contributed by atoms with E-state index in [1.54, 1.807) is 6.33 Å². The number of aliphatic hydroxyl groups excluding tert-OH is 1. The lowest BCUT2D eigenvalue weighted by Gasteiger charge is -2.13. The van der Waals surface area contributed by atoms with Crippen LogP contribution >= 0.6 is 0 Å². The molecule has 1 atom stereocenters. The predicted octanol–water partition coefficient (Wildman–Crippen LogP) is 2.56. The molecule has 21 heavy (non-hydrogen) atoms. The molecule has 0 saturated heterocycles. The number of imidazole rings is 1. The van der Waals surface area contributed by atoms with Gasteiger partial charge in [-0.05, 0) is 11.5 Å². The van der Waals surface area contributed by atoms with Crippen LogP contribution in [0.15, 0.2) is 43.0 Å². The van der Waals surface area contributed by atoms with Crippen molar-refractivity contribution in [1.29, 1.82) is 0 Å². The second-order valence-electron chi connectivity index (χ2n) is 5.48. The van der Waals surface area contributed by atoms with Crippen LogP contribution in [0, 0.1) is 5.92 Å². The summed E-state index contributed by atoms with van der Waals surface area (Å²) in [5, 5.41) is 10.3. The Balaban J connectivity index is 2.01. The minimum Gasteiger partial charge on any atom is -0.386 e. The summed E-state index contributed by atoms with van der Waals surface area (Å²) in [6.07, 6.45) is 2.62. The molecule has 0 amide bonds. The third-order valence-corrected chi connectivity index (χ3v) is 3.54. The number of hydrogen-bond donors (Lipinski definition) is 1. The summed E-state index contributed by atoms with van der Waals surface area (Å²) in [4.78, 5) is 12.9. The van der Waals surface area contributed by atoms with Crippen LogP contribution < -0.4 is 0 Å². The van der Waals surface area contributed by atoms with Gasteiger partial charge in [0.25, 0.3) is 0 Å². The van der Waals surface area contributed by atoms with E-state index in [4.69, 9.17) is 0 Å². The molecule has 1 N–H and O–H groups in total. The highest BCUT2D eigenvalue weighted by molar-refractivity contribution is 5.73. The number of aromatic nitrogens is 4. The average molecular weight is 282 g/mol. The molecule has 1 aromatic carbocycles. The zero-order chi connectivity index (χ0) is 14.8. The van der Waals surface area contributed by atoms with Gasteiger partial charge in [0.1, 0.15) is 23.6 Å². The van der Waals surface area contributed by atoms with E-state index in [2.05, 4.69) is 27.1 Å². The summed E-state index contributed by atoms with van der Waals surface area (Å²) < 4.78 is 1.98.